The van der Waals surface area contributed by atoms with Crippen LogP contribution in [0.2, 0.25) is 0 Å². The van der Waals surface area contributed by atoms with E-state index in [-0.39, 0.29) is 115 Å². The van der Waals surface area contributed by atoms with Crippen molar-refractivity contribution in [1.82, 2.24) is 0 Å². The topological polar surface area (TPSA) is 290 Å². The summed E-state index contributed by atoms with van der Waals surface area (Å²) >= 11 is 8.62. The summed E-state index contributed by atoms with van der Waals surface area (Å²) in [7, 11) is 0. The molecule has 0 aromatic heterocycles. The number of halogens is 7. The van der Waals surface area contributed by atoms with Gasteiger partial charge in [-0.25, -0.2) is 13.2 Å². The Morgan fingerprint density at radius 3 is 1.42 bits per heavy atom. The number of nitrogens with one attached hydrogen (secondary N) is 1. The highest BCUT2D eigenvalue weighted by atomic mass is 79.9. The van der Waals surface area contributed by atoms with Crippen molar-refractivity contribution in [2.45, 2.75) is 96.9 Å². The summed E-state index contributed by atoms with van der Waals surface area (Å²) in [4.78, 5) is 96.6. The molecule has 1 N–H and O–H groups in total. The van der Waals surface area contributed by atoms with E-state index in [2.05, 4.69) is 62.6 Å². The lowest BCUT2D eigenvalue weighted by molar-refractivity contribution is -0.387. The summed E-state index contributed by atoms with van der Waals surface area (Å²) in [5.74, 6) is -8.41. The number of rotatable bonds is 15. The molecule has 28 heteroatoms. The first-order valence-electron chi connectivity index (χ1n) is 20.6. The van der Waals surface area contributed by atoms with Gasteiger partial charge in [0.2, 0.25) is 11.7 Å². The van der Waals surface area contributed by atoms with Crippen LogP contribution >= 0.6 is 47.8 Å². The second kappa shape index (κ2) is 40.3. The summed E-state index contributed by atoms with van der Waals surface area (Å²) < 4.78 is 75.1. The van der Waals surface area contributed by atoms with E-state index >= 15 is 0 Å². The first-order chi connectivity index (χ1) is 33.9. The fraction of sp³-hybridized carbons (Fsp3) is 0.388. The van der Waals surface area contributed by atoms with E-state index in [1.54, 1.807) is 45.0 Å². The Morgan fingerprint density at radius 2 is 0.961 bits per heavy atom. The molecule has 0 radical (unpaired) electrons. The third-order valence-corrected chi connectivity index (χ3v) is 10.1. The van der Waals surface area contributed by atoms with Crippen molar-refractivity contribution >= 4 is 106 Å². The Hall–Kier alpha value is -6.94. The molecule has 0 saturated carbocycles. The average molecular weight is 1300 g/mol. The maximum absolute atomic E-state index is 13.5. The van der Waals surface area contributed by atoms with Gasteiger partial charge in [-0.15, -0.1) is 0 Å². The normalized spacial score (nSPS) is 9.91. The lowest BCUT2D eigenvalue weighted by atomic mass is 9.97. The van der Waals surface area contributed by atoms with Crippen molar-refractivity contribution in [3.05, 3.63) is 144 Å². The number of carbonyl (C=O) groups is 6. The first kappa shape index (κ1) is 78.9. The number of ether oxygens (including phenoxy) is 5. The second-order valence-electron chi connectivity index (χ2n) is 13.3. The molecule has 430 valence electrons. The molecule has 0 spiro atoms. The molecule has 0 saturated heterocycles. The van der Waals surface area contributed by atoms with Crippen LogP contribution in [0.15, 0.2) is 74.1 Å². The summed E-state index contributed by atoms with van der Waals surface area (Å²) in [5, 5.41) is 34.3. The van der Waals surface area contributed by atoms with Crippen LogP contribution < -0.4 is 5.32 Å². The zero-order chi connectivity index (χ0) is 54.8. The smallest absolute Gasteiger partial charge is 0.325 e. The van der Waals surface area contributed by atoms with Crippen LogP contribution in [0, 0.1) is 53.6 Å². The molecule has 1 aliphatic heterocycles. The average Bonchev–Trinajstić information content (AvgIpc) is 3.65. The van der Waals surface area contributed by atoms with Gasteiger partial charge >= 0.3 is 35.5 Å². The molecule has 0 aliphatic carbocycles. The monoisotopic (exact) mass is 1290 g/mol. The fourth-order valence-electron chi connectivity index (χ4n) is 5.36. The minimum atomic E-state index is -1.66. The van der Waals surface area contributed by atoms with E-state index in [0.717, 1.165) is 11.6 Å². The molecule has 4 aromatic carbocycles. The van der Waals surface area contributed by atoms with Crippen LogP contribution in [0.5, 0.6) is 0 Å². The summed E-state index contributed by atoms with van der Waals surface area (Å²) in [6.45, 7) is 8.92. The van der Waals surface area contributed by atoms with Crippen LogP contribution in [-0.2, 0) is 65.3 Å². The van der Waals surface area contributed by atoms with E-state index in [0.29, 0.717) is 40.3 Å². The van der Waals surface area contributed by atoms with E-state index in [1.165, 1.54) is 26.0 Å². The van der Waals surface area contributed by atoms with Gasteiger partial charge in [0, 0.05) is 17.3 Å². The van der Waals surface area contributed by atoms with Crippen molar-refractivity contribution in [3.8, 4) is 0 Å². The van der Waals surface area contributed by atoms with Crippen LogP contribution in [0.4, 0.5) is 40.3 Å². The van der Waals surface area contributed by atoms with Gasteiger partial charge in [0.25, 0.3) is 11.4 Å². The Bertz CT molecular complexity index is 2560. The Morgan fingerprint density at radius 1 is 0.558 bits per heavy atom. The van der Waals surface area contributed by atoms with Crippen LogP contribution in [0.25, 0.3) is 0 Å². The van der Waals surface area contributed by atoms with E-state index in [9.17, 15) is 76.7 Å². The predicted octanol–water partition coefficient (Wildman–Crippen LogP) is 12.8. The van der Waals surface area contributed by atoms with Gasteiger partial charge in [-0.05, 0) is 112 Å². The molecule has 0 unspecified atom stereocenters. The molecular weight excluding hydrogens is 1230 g/mol. The van der Waals surface area contributed by atoms with Gasteiger partial charge in [0.1, 0.15) is 23.9 Å². The van der Waals surface area contributed by atoms with Gasteiger partial charge in [0.15, 0.2) is 5.92 Å². The maximum Gasteiger partial charge on any atom is 0.325 e. The second-order valence-corrected chi connectivity index (χ2v) is 15.9. The quantitative estimate of drug-likeness (QED) is 0.0220. The number of para-hydroxylation sites is 1. The molecule has 21 nitrogen and oxygen atoms in total. The minimum absolute atomic E-state index is 0. The van der Waals surface area contributed by atoms with Gasteiger partial charge in [-0.2, -0.15) is 4.39 Å². The zero-order valence-electron chi connectivity index (χ0n) is 38.4. The maximum atomic E-state index is 13.5. The lowest BCUT2D eigenvalue weighted by Gasteiger charge is -2.15. The highest BCUT2D eigenvalue weighted by molar-refractivity contribution is 9.11. The van der Waals surface area contributed by atoms with Crippen molar-refractivity contribution in [3.63, 3.8) is 0 Å². The molecule has 0 fully saturated rings. The number of carbonyl (C=O) groups excluding carboxylic acids is 6. The lowest BCUT2D eigenvalue weighted by Crippen LogP contribution is -2.27. The van der Waals surface area contributed by atoms with Gasteiger partial charge in [0.05, 0.1) is 91.8 Å². The Kier molecular flexibility index (Phi) is 41.3. The molecule has 77 heavy (non-hydrogen) atoms. The van der Waals surface area contributed by atoms with Crippen molar-refractivity contribution in [1.29, 1.82) is 0 Å². The van der Waals surface area contributed by atoms with Crippen LogP contribution in [0.1, 0.15) is 101 Å². The van der Waals surface area contributed by atoms with Gasteiger partial charge < -0.3 is 29.0 Å². The summed E-state index contributed by atoms with van der Waals surface area (Å²) in [6.07, 6.45) is -0.0130. The number of benzene rings is 4. The zero-order valence-corrected chi connectivity index (χ0v) is 43.2. The summed E-state index contributed by atoms with van der Waals surface area (Å²) in [6, 6.07) is 12.0. The van der Waals surface area contributed by atoms with Crippen LogP contribution in [0.3, 0.4) is 0 Å². The number of nitro benzene ring substituents is 3. The molecule has 1 amide bonds. The number of nitro groups is 3. The molecule has 1 heterocycles. The molecule has 5 rings (SSSR count). The highest BCUT2D eigenvalue weighted by Crippen LogP contribution is 2.34. The highest BCUT2D eigenvalue weighted by Gasteiger charge is 2.37. The molecule has 1 aliphatic rings. The number of nitrogens with zero attached hydrogens (tertiary/aromatic N) is 3. The third kappa shape index (κ3) is 27.1. The standard InChI is InChI=1S/C13H13BrFNO6.C10H11NO4.C8H5BrFNO.C7H12O4.C6H2BrF2NO2.5CH4/c1-3-21-12(17)11(13(18)22-4-2)7-5-8(14)9(15)6-10(7)16(19)20;1-2-15-10(12)7-8-5-3-4-6-9(8)11(13)14;9-5-1-4-2-8(12)11-7(4)3-6(5)10;1-3-10-6(8)5-7(9)11-4-2;7-3-1-5(9)6(10(11)12)2-4(3)8;;;;;/h5-6,11H,3-4H2,1-2H3;3-6H,2,7H2,1H3;1,3H,2H2,(H,11,12);3-5H2,1-2H3;1-2H;5*1H4. The first-order valence-corrected chi connectivity index (χ1v) is 23.0. The number of anilines is 1. The number of fused-ring (bicyclic) bond motifs is 1. The predicted molar refractivity (Wildman–Crippen MR) is 289 cm³/mol. The SMILES string of the molecule is C.C.C.C.C.CCOC(=O)C(C(=O)OCC)c1cc(Br)c(F)cc1[N+](=O)[O-].CCOC(=O)CC(=O)OCC.CCOC(=O)Cc1ccccc1[N+](=O)[O-].O=C1Cc2cc(Br)c(F)cc2N1.O=[N+]([O-])c1cc(F)c(Br)cc1F. The van der Waals surface area contributed by atoms with Gasteiger partial charge in [-0.3, -0.25) is 59.1 Å². The molecule has 0 bridgehead atoms. The Labute approximate surface area is 468 Å². The van der Waals surface area contributed by atoms with Gasteiger partial charge in [-0.1, -0.05) is 55.3 Å². The minimum Gasteiger partial charge on any atom is -0.466 e. The molecule has 4 aromatic rings. The summed E-state index contributed by atoms with van der Waals surface area (Å²) in [5.41, 5.74) is -0.113. The van der Waals surface area contributed by atoms with Crippen molar-refractivity contribution in [2.24, 2.45) is 0 Å². The Balaban J connectivity index is -0.000000283. The van der Waals surface area contributed by atoms with Crippen LogP contribution in [-0.4, -0.2) is 83.6 Å². The fourth-order valence-corrected chi connectivity index (χ4v) is 6.43. The number of hydrogen-bond acceptors (Lipinski definition) is 17. The third-order valence-electron chi connectivity index (χ3n) is 8.31. The van der Waals surface area contributed by atoms with E-state index < -0.39 is 79.4 Å². The van der Waals surface area contributed by atoms with E-state index in [1.807, 2.05) is 0 Å². The molecular formula is C49H63Br3F4N4O17. The number of hydrogen-bond donors (Lipinski definition) is 1. The number of amides is 1. The largest absolute Gasteiger partial charge is 0.466 e. The number of esters is 5. The molecule has 0 atom stereocenters. The van der Waals surface area contributed by atoms with Crippen molar-refractivity contribution in [2.75, 3.05) is 38.4 Å². The van der Waals surface area contributed by atoms with E-state index in [4.69, 9.17) is 14.2 Å². The van der Waals surface area contributed by atoms with Crippen molar-refractivity contribution < 1.29 is 84.8 Å².